The molecule has 8 heteroatoms. The standard InChI is InChI=1S/C17H20N2O4S2/c1-2-8-23-14-5-3-12(4-6-14)15-10-24-17(18-15)19-16(20)13-7-9-25(21,22)11-13/h3-6,10,13H,2,7-9,11H2,1H3,(H,18,19,20). The Labute approximate surface area is 151 Å². The molecule has 134 valence electrons. The van der Waals surface area contributed by atoms with Gasteiger partial charge in [-0.15, -0.1) is 11.3 Å². The first-order valence-corrected chi connectivity index (χ1v) is 10.9. The van der Waals surface area contributed by atoms with Crippen molar-refractivity contribution in [2.45, 2.75) is 19.8 Å². The van der Waals surface area contributed by atoms with E-state index >= 15 is 0 Å². The van der Waals surface area contributed by atoms with Gasteiger partial charge in [0, 0.05) is 10.9 Å². The van der Waals surface area contributed by atoms with Crippen molar-refractivity contribution in [3.63, 3.8) is 0 Å². The number of rotatable bonds is 6. The van der Waals surface area contributed by atoms with Gasteiger partial charge in [0.25, 0.3) is 0 Å². The van der Waals surface area contributed by atoms with Gasteiger partial charge in [0.2, 0.25) is 5.91 Å². The summed E-state index contributed by atoms with van der Waals surface area (Å²) in [6, 6.07) is 7.64. The highest BCUT2D eigenvalue weighted by molar-refractivity contribution is 7.91. The first kappa shape index (κ1) is 17.9. The summed E-state index contributed by atoms with van der Waals surface area (Å²) in [7, 11) is -3.07. The minimum absolute atomic E-state index is 0.0731. The molecular formula is C17H20N2O4S2. The maximum Gasteiger partial charge on any atom is 0.230 e. The number of sulfone groups is 1. The van der Waals surface area contributed by atoms with E-state index in [-0.39, 0.29) is 17.4 Å². The van der Waals surface area contributed by atoms with Crippen LogP contribution in [-0.4, -0.2) is 37.4 Å². The molecule has 1 atom stereocenters. The number of ether oxygens (including phenoxy) is 1. The number of amides is 1. The average Bonchev–Trinajstić information content (AvgIpc) is 3.20. The van der Waals surface area contributed by atoms with Crippen LogP contribution in [0, 0.1) is 5.92 Å². The van der Waals surface area contributed by atoms with Crippen molar-refractivity contribution in [1.82, 2.24) is 4.98 Å². The lowest BCUT2D eigenvalue weighted by Gasteiger charge is -2.06. The lowest BCUT2D eigenvalue weighted by atomic mass is 10.1. The Bertz CT molecular complexity index is 844. The fourth-order valence-electron chi connectivity index (χ4n) is 2.61. The number of carbonyl (C=O) groups is 1. The molecule has 1 amide bonds. The second-order valence-electron chi connectivity index (χ2n) is 6.00. The molecule has 1 aromatic carbocycles. The Hall–Kier alpha value is -1.93. The van der Waals surface area contributed by atoms with Gasteiger partial charge in [-0.25, -0.2) is 13.4 Å². The van der Waals surface area contributed by atoms with Crippen LogP contribution in [0.4, 0.5) is 5.13 Å². The molecule has 0 spiro atoms. The van der Waals surface area contributed by atoms with E-state index in [1.807, 2.05) is 29.6 Å². The minimum atomic E-state index is -3.07. The number of thiazole rings is 1. The number of carbonyl (C=O) groups excluding carboxylic acids is 1. The first-order valence-electron chi connectivity index (χ1n) is 8.17. The Kier molecular flexibility index (Phi) is 5.39. The molecule has 1 aliphatic heterocycles. The van der Waals surface area contributed by atoms with Crippen LogP contribution in [0.1, 0.15) is 19.8 Å². The molecular weight excluding hydrogens is 360 g/mol. The molecule has 1 aromatic heterocycles. The van der Waals surface area contributed by atoms with Crippen LogP contribution in [0.5, 0.6) is 5.75 Å². The number of hydrogen-bond acceptors (Lipinski definition) is 6. The summed E-state index contributed by atoms with van der Waals surface area (Å²) in [5.74, 6) is 0.0751. The van der Waals surface area contributed by atoms with Crippen molar-refractivity contribution < 1.29 is 17.9 Å². The van der Waals surface area contributed by atoms with E-state index in [9.17, 15) is 13.2 Å². The molecule has 1 unspecified atom stereocenters. The summed E-state index contributed by atoms with van der Waals surface area (Å²) >= 11 is 1.33. The zero-order chi connectivity index (χ0) is 17.9. The van der Waals surface area contributed by atoms with Crippen molar-refractivity contribution >= 4 is 32.2 Å². The first-order chi connectivity index (χ1) is 12.0. The molecule has 2 aromatic rings. The number of nitrogens with zero attached hydrogens (tertiary/aromatic N) is 1. The van der Waals surface area contributed by atoms with Gasteiger partial charge in [-0.05, 0) is 37.1 Å². The van der Waals surface area contributed by atoms with Gasteiger partial charge in [-0.2, -0.15) is 0 Å². The minimum Gasteiger partial charge on any atom is -0.494 e. The Morgan fingerprint density at radius 1 is 1.36 bits per heavy atom. The molecule has 1 saturated heterocycles. The SMILES string of the molecule is CCCOc1ccc(-c2csc(NC(=O)C3CCS(=O)(=O)C3)n2)cc1. The van der Waals surface area contributed by atoms with Crippen LogP contribution in [0.3, 0.4) is 0 Å². The number of hydrogen-bond donors (Lipinski definition) is 1. The number of nitrogens with one attached hydrogen (secondary N) is 1. The quantitative estimate of drug-likeness (QED) is 0.833. The monoisotopic (exact) mass is 380 g/mol. The zero-order valence-electron chi connectivity index (χ0n) is 13.9. The van der Waals surface area contributed by atoms with E-state index in [2.05, 4.69) is 17.2 Å². The zero-order valence-corrected chi connectivity index (χ0v) is 15.5. The predicted octanol–water partition coefficient (Wildman–Crippen LogP) is 2.97. The maximum absolute atomic E-state index is 12.2. The third kappa shape index (κ3) is 4.58. The Morgan fingerprint density at radius 2 is 2.12 bits per heavy atom. The number of benzene rings is 1. The van der Waals surface area contributed by atoms with Crippen LogP contribution in [0.2, 0.25) is 0 Å². The summed E-state index contributed by atoms with van der Waals surface area (Å²) in [5.41, 5.74) is 1.70. The Morgan fingerprint density at radius 3 is 2.76 bits per heavy atom. The summed E-state index contributed by atoms with van der Waals surface area (Å²) < 4.78 is 28.5. The van der Waals surface area contributed by atoms with Crippen LogP contribution >= 0.6 is 11.3 Å². The molecule has 0 bridgehead atoms. The van der Waals surface area contributed by atoms with E-state index in [0.717, 1.165) is 23.4 Å². The largest absolute Gasteiger partial charge is 0.494 e. The second kappa shape index (κ2) is 7.53. The molecule has 1 aliphatic rings. The average molecular weight is 380 g/mol. The molecule has 2 heterocycles. The molecule has 1 N–H and O–H groups in total. The highest BCUT2D eigenvalue weighted by Crippen LogP contribution is 2.27. The lowest BCUT2D eigenvalue weighted by Crippen LogP contribution is -2.23. The smallest absolute Gasteiger partial charge is 0.230 e. The highest BCUT2D eigenvalue weighted by atomic mass is 32.2. The highest BCUT2D eigenvalue weighted by Gasteiger charge is 2.33. The maximum atomic E-state index is 12.2. The molecule has 3 rings (SSSR count). The number of aromatic nitrogens is 1. The van der Waals surface area contributed by atoms with Crippen LogP contribution in [-0.2, 0) is 14.6 Å². The van der Waals surface area contributed by atoms with Crippen LogP contribution in [0.25, 0.3) is 11.3 Å². The van der Waals surface area contributed by atoms with Gasteiger partial charge in [0.15, 0.2) is 15.0 Å². The third-order valence-electron chi connectivity index (χ3n) is 3.96. The number of anilines is 1. The van der Waals surface area contributed by atoms with Gasteiger partial charge in [-0.3, -0.25) is 4.79 Å². The molecule has 0 saturated carbocycles. The summed E-state index contributed by atoms with van der Waals surface area (Å²) in [6.45, 7) is 2.74. The van der Waals surface area contributed by atoms with Crippen molar-refractivity contribution in [2.75, 3.05) is 23.4 Å². The fourth-order valence-corrected chi connectivity index (χ4v) is 5.08. The second-order valence-corrected chi connectivity index (χ2v) is 9.09. The van der Waals surface area contributed by atoms with E-state index in [0.29, 0.717) is 18.2 Å². The van der Waals surface area contributed by atoms with Gasteiger partial charge in [-0.1, -0.05) is 6.92 Å². The van der Waals surface area contributed by atoms with Crippen molar-refractivity contribution in [2.24, 2.45) is 5.92 Å². The van der Waals surface area contributed by atoms with E-state index in [1.165, 1.54) is 11.3 Å². The predicted molar refractivity (Wildman–Crippen MR) is 98.7 cm³/mol. The van der Waals surface area contributed by atoms with Gasteiger partial charge in [0.1, 0.15) is 5.75 Å². The lowest BCUT2D eigenvalue weighted by molar-refractivity contribution is -0.119. The van der Waals surface area contributed by atoms with E-state index in [4.69, 9.17) is 4.74 Å². The molecule has 6 nitrogen and oxygen atoms in total. The van der Waals surface area contributed by atoms with Gasteiger partial charge >= 0.3 is 0 Å². The topological polar surface area (TPSA) is 85.4 Å². The van der Waals surface area contributed by atoms with Gasteiger partial charge in [0.05, 0.1) is 29.7 Å². The molecule has 25 heavy (non-hydrogen) atoms. The van der Waals surface area contributed by atoms with E-state index < -0.39 is 15.8 Å². The van der Waals surface area contributed by atoms with E-state index in [1.54, 1.807) is 0 Å². The van der Waals surface area contributed by atoms with Crippen molar-refractivity contribution in [3.05, 3.63) is 29.6 Å². The molecule has 0 radical (unpaired) electrons. The molecule has 0 aliphatic carbocycles. The summed E-state index contributed by atoms with van der Waals surface area (Å²) in [6.07, 6.45) is 1.34. The normalized spacial score (nSPS) is 18.8. The van der Waals surface area contributed by atoms with Crippen molar-refractivity contribution in [1.29, 1.82) is 0 Å². The third-order valence-corrected chi connectivity index (χ3v) is 6.49. The molecule has 1 fully saturated rings. The fraction of sp³-hybridized carbons (Fsp3) is 0.412. The van der Waals surface area contributed by atoms with Crippen LogP contribution < -0.4 is 10.1 Å². The van der Waals surface area contributed by atoms with Gasteiger partial charge < -0.3 is 10.1 Å². The van der Waals surface area contributed by atoms with Crippen molar-refractivity contribution in [3.8, 4) is 17.0 Å². The Balaban J connectivity index is 1.63. The van der Waals surface area contributed by atoms with Crippen LogP contribution in [0.15, 0.2) is 29.6 Å². The summed E-state index contributed by atoms with van der Waals surface area (Å²) in [5, 5.41) is 5.08. The summed E-state index contributed by atoms with van der Waals surface area (Å²) in [4.78, 5) is 16.6.